The summed E-state index contributed by atoms with van der Waals surface area (Å²) in [7, 11) is 0. The van der Waals surface area contributed by atoms with Crippen LogP contribution in [0.3, 0.4) is 0 Å². The van der Waals surface area contributed by atoms with Gasteiger partial charge in [-0.1, -0.05) is 6.08 Å². The van der Waals surface area contributed by atoms with Crippen LogP contribution in [0.1, 0.15) is 12.0 Å². The quantitative estimate of drug-likeness (QED) is 0.606. The predicted octanol–water partition coefficient (Wildman–Crippen LogP) is 4.10. The van der Waals surface area contributed by atoms with Gasteiger partial charge in [0.1, 0.15) is 24.1 Å². The molecule has 1 aromatic rings. The lowest BCUT2D eigenvalue weighted by atomic mass is 10.1. The summed E-state index contributed by atoms with van der Waals surface area (Å²) < 4.78 is 50.4. The molecule has 0 aromatic heterocycles. The van der Waals surface area contributed by atoms with Crippen molar-refractivity contribution in [1.82, 2.24) is 0 Å². The molecular formula is C13H11F4N. The van der Waals surface area contributed by atoms with Crippen LogP contribution in [-0.4, -0.2) is 12.4 Å². The van der Waals surface area contributed by atoms with Gasteiger partial charge in [0.25, 0.3) is 0 Å². The Labute approximate surface area is 102 Å². The van der Waals surface area contributed by atoms with E-state index in [9.17, 15) is 17.6 Å². The van der Waals surface area contributed by atoms with Crippen molar-refractivity contribution in [2.24, 2.45) is 0 Å². The highest BCUT2D eigenvalue weighted by molar-refractivity contribution is 6.06. The van der Waals surface area contributed by atoms with Crippen molar-refractivity contribution < 1.29 is 17.6 Å². The first-order valence-corrected chi connectivity index (χ1v) is 5.15. The summed E-state index contributed by atoms with van der Waals surface area (Å²) in [6, 6.07) is 2.83. The van der Waals surface area contributed by atoms with Crippen molar-refractivity contribution in [3.8, 4) is 0 Å². The third-order valence-corrected chi connectivity index (χ3v) is 2.12. The summed E-state index contributed by atoms with van der Waals surface area (Å²) in [6.45, 7) is -0.899. The molecule has 1 N–H and O–H groups in total. The second-order valence-corrected chi connectivity index (χ2v) is 3.45. The zero-order chi connectivity index (χ0) is 13.5. The van der Waals surface area contributed by atoms with Crippen LogP contribution in [0.4, 0.5) is 17.6 Å². The lowest BCUT2D eigenvalue weighted by Gasteiger charge is -2.00. The number of benzene rings is 1. The summed E-state index contributed by atoms with van der Waals surface area (Å²) in [5.74, 6) is -2.25. The fourth-order valence-corrected chi connectivity index (χ4v) is 1.25. The minimum atomic E-state index is -0.899. The SMILES string of the molecule is N=C(/C=C/C/C(F)=C\CF)c1ccc(F)cc1F. The molecule has 0 saturated carbocycles. The Hall–Kier alpha value is -1.91. The third-order valence-electron chi connectivity index (χ3n) is 2.12. The Morgan fingerprint density at radius 2 is 2.00 bits per heavy atom. The molecule has 1 aromatic carbocycles. The topological polar surface area (TPSA) is 23.9 Å². The number of nitrogens with one attached hydrogen (secondary N) is 1. The Morgan fingerprint density at radius 1 is 1.28 bits per heavy atom. The number of rotatable bonds is 5. The first-order chi connectivity index (χ1) is 8.54. The van der Waals surface area contributed by atoms with Crippen molar-refractivity contribution in [2.45, 2.75) is 6.42 Å². The molecule has 0 aliphatic heterocycles. The van der Waals surface area contributed by atoms with Crippen molar-refractivity contribution in [1.29, 1.82) is 5.41 Å². The van der Waals surface area contributed by atoms with Crippen molar-refractivity contribution in [2.75, 3.05) is 6.67 Å². The molecule has 0 saturated heterocycles. The summed E-state index contributed by atoms with van der Waals surface area (Å²) >= 11 is 0. The average molecular weight is 257 g/mol. The van der Waals surface area contributed by atoms with Gasteiger partial charge in [-0.2, -0.15) is 0 Å². The molecule has 0 amide bonds. The van der Waals surface area contributed by atoms with E-state index < -0.39 is 24.1 Å². The lowest BCUT2D eigenvalue weighted by Crippen LogP contribution is -1.99. The van der Waals surface area contributed by atoms with E-state index in [0.29, 0.717) is 6.07 Å². The molecule has 0 bridgehead atoms. The van der Waals surface area contributed by atoms with Crippen molar-refractivity contribution in [3.63, 3.8) is 0 Å². The maximum Gasteiger partial charge on any atom is 0.135 e. The van der Waals surface area contributed by atoms with Gasteiger partial charge >= 0.3 is 0 Å². The monoisotopic (exact) mass is 257 g/mol. The second kappa shape index (κ2) is 6.74. The highest BCUT2D eigenvalue weighted by atomic mass is 19.1. The highest BCUT2D eigenvalue weighted by Crippen LogP contribution is 2.11. The zero-order valence-corrected chi connectivity index (χ0v) is 9.39. The number of hydrogen-bond donors (Lipinski definition) is 1. The van der Waals surface area contributed by atoms with E-state index in [1.165, 1.54) is 12.2 Å². The molecule has 0 aliphatic carbocycles. The Morgan fingerprint density at radius 3 is 2.61 bits per heavy atom. The first kappa shape index (κ1) is 14.2. The van der Waals surface area contributed by atoms with Crippen LogP contribution < -0.4 is 0 Å². The summed E-state index contributed by atoms with van der Waals surface area (Å²) in [6.07, 6.45) is 3.05. The number of halogens is 4. The molecule has 1 rings (SSSR count). The van der Waals surface area contributed by atoms with Gasteiger partial charge in [-0.25, -0.2) is 17.6 Å². The van der Waals surface area contributed by atoms with E-state index in [-0.39, 0.29) is 17.7 Å². The largest absolute Gasteiger partial charge is 0.300 e. The summed E-state index contributed by atoms with van der Waals surface area (Å²) in [4.78, 5) is 0. The van der Waals surface area contributed by atoms with Crippen molar-refractivity contribution >= 4 is 5.71 Å². The molecule has 5 heteroatoms. The van der Waals surface area contributed by atoms with Gasteiger partial charge in [-0.3, -0.25) is 0 Å². The van der Waals surface area contributed by atoms with E-state index in [2.05, 4.69) is 0 Å². The van der Waals surface area contributed by atoms with Crippen LogP contribution in [0.2, 0.25) is 0 Å². The molecule has 96 valence electrons. The van der Waals surface area contributed by atoms with E-state index in [0.717, 1.165) is 18.2 Å². The van der Waals surface area contributed by atoms with E-state index in [4.69, 9.17) is 5.41 Å². The van der Waals surface area contributed by atoms with Gasteiger partial charge in [0.05, 0.1) is 5.71 Å². The molecule has 0 radical (unpaired) electrons. The Balaban J connectivity index is 2.71. The predicted molar refractivity (Wildman–Crippen MR) is 62.1 cm³/mol. The van der Waals surface area contributed by atoms with Gasteiger partial charge in [0, 0.05) is 18.1 Å². The second-order valence-electron chi connectivity index (χ2n) is 3.45. The minimum absolute atomic E-state index is 0.0810. The maximum atomic E-state index is 13.3. The van der Waals surface area contributed by atoms with Gasteiger partial charge in [-0.15, -0.1) is 0 Å². The highest BCUT2D eigenvalue weighted by Gasteiger charge is 2.06. The van der Waals surface area contributed by atoms with E-state index in [1.807, 2.05) is 0 Å². The minimum Gasteiger partial charge on any atom is -0.300 e. The van der Waals surface area contributed by atoms with Gasteiger partial charge in [0.15, 0.2) is 0 Å². The van der Waals surface area contributed by atoms with Gasteiger partial charge in [0.2, 0.25) is 0 Å². The molecule has 0 heterocycles. The molecular weight excluding hydrogens is 246 g/mol. The number of alkyl halides is 1. The summed E-state index contributed by atoms with van der Waals surface area (Å²) in [5.41, 5.74) is -0.289. The van der Waals surface area contributed by atoms with E-state index in [1.54, 1.807) is 0 Å². The van der Waals surface area contributed by atoms with E-state index >= 15 is 0 Å². The number of allylic oxidation sites excluding steroid dienone is 4. The molecule has 0 aliphatic rings. The van der Waals surface area contributed by atoms with Crippen LogP contribution in [0, 0.1) is 17.0 Å². The standard InChI is InChI=1S/C13H11F4N/c14-7-6-9(15)2-1-3-13(18)11-5-4-10(16)8-12(11)17/h1,3-6,8,18H,2,7H2/b3-1+,9-6+,18-13?. The number of hydrogen-bond acceptors (Lipinski definition) is 1. The molecule has 1 nitrogen and oxygen atoms in total. The van der Waals surface area contributed by atoms with Crippen LogP contribution in [0.5, 0.6) is 0 Å². The van der Waals surface area contributed by atoms with Gasteiger partial charge < -0.3 is 5.41 Å². The Bertz CT molecular complexity index is 492. The molecule has 0 fully saturated rings. The average Bonchev–Trinajstić information content (AvgIpc) is 2.29. The molecule has 0 spiro atoms. The fourth-order valence-electron chi connectivity index (χ4n) is 1.25. The normalized spacial score (nSPS) is 12.1. The maximum absolute atomic E-state index is 13.3. The van der Waals surface area contributed by atoms with Crippen LogP contribution in [0.15, 0.2) is 42.3 Å². The van der Waals surface area contributed by atoms with Crippen LogP contribution in [-0.2, 0) is 0 Å². The Kier molecular flexibility index (Phi) is 5.30. The summed E-state index contributed by atoms with van der Waals surface area (Å²) in [5, 5.41) is 7.52. The smallest absolute Gasteiger partial charge is 0.135 e. The molecule has 0 unspecified atom stereocenters. The zero-order valence-electron chi connectivity index (χ0n) is 9.39. The fraction of sp³-hybridized carbons (Fsp3) is 0.154. The molecule has 18 heavy (non-hydrogen) atoms. The first-order valence-electron chi connectivity index (χ1n) is 5.15. The van der Waals surface area contributed by atoms with Crippen LogP contribution in [0.25, 0.3) is 0 Å². The lowest BCUT2D eigenvalue weighted by molar-refractivity contribution is 0.538. The van der Waals surface area contributed by atoms with Crippen molar-refractivity contribution in [3.05, 3.63) is 59.5 Å². The molecule has 0 atom stereocenters. The van der Waals surface area contributed by atoms with Gasteiger partial charge in [-0.05, 0) is 24.3 Å². The third kappa shape index (κ3) is 4.16. The van der Waals surface area contributed by atoms with Crippen LogP contribution >= 0.6 is 0 Å².